The topological polar surface area (TPSA) is 74.6 Å². The fourth-order valence-electron chi connectivity index (χ4n) is 3.83. The average molecular weight is 393 g/mol. The van der Waals surface area contributed by atoms with Crippen LogP contribution in [0.4, 0.5) is 0 Å². The molecule has 0 N–H and O–H groups in total. The molecule has 27 heavy (non-hydrogen) atoms. The molecule has 1 saturated carbocycles. The van der Waals surface area contributed by atoms with Crippen molar-refractivity contribution in [2.24, 2.45) is 0 Å². The lowest BCUT2D eigenvalue weighted by molar-refractivity contribution is -0.133. The molecule has 3 heterocycles. The molecule has 4 rings (SSSR count). The molecular formula is C18H28N6O2S. The molecule has 8 nitrogen and oxygen atoms in total. The van der Waals surface area contributed by atoms with Gasteiger partial charge in [-0.15, -0.1) is 10.2 Å². The van der Waals surface area contributed by atoms with Crippen LogP contribution in [0.5, 0.6) is 0 Å². The molecule has 2 aliphatic heterocycles. The molecule has 0 radical (unpaired) electrons. The summed E-state index contributed by atoms with van der Waals surface area (Å²) in [6, 6.07) is 0.522. The Morgan fingerprint density at radius 1 is 0.963 bits per heavy atom. The largest absolute Gasteiger partial charge is 0.342 e. The van der Waals surface area contributed by atoms with Crippen LogP contribution in [0.1, 0.15) is 37.5 Å². The molecule has 1 aliphatic carbocycles. The number of carbonyl (C=O) groups excluding carboxylic acids is 2. The van der Waals surface area contributed by atoms with Gasteiger partial charge in [-0.1, -0.05) is 11.8 Å². The lowest BCUT2D eigenvalue weighted by Gasteiger charge is -2.35. The highest BCUT2D eigenvalue weighted by Crippen LogP contribution is 2.38. The van der Waals surface area contributed by atoms with Gasteiger partial charge in [0, 0.05) is 45.3 Å². The van der Waals surface area contributed by atoms with Crippen LogP contribution in [0.25, 0.3) is 0 Å². The Hall–Kier alpha value is -1.61. The van der Waals surface area contributed by atoms with Crippen LogP contribution in [0.2, 0.25) is 0 Å². The third-order valence-electron chi connectivity index (χ3n) is 5.61. The number of amides is 2. The molecule has 1 aromatic heterocycles. The molecule has 148 valence electrons. The van der Waals surface area contributed by atoms with Crippen LogP contribution in [0, 0.1) is 6.92 Å². The van der Waals surface area contributed by atoms with Crippen LogP contribution in [0.3, 0.4) is 0 Å². The van der Waals surface area contributed by atoms with Crippen molar-refractivity contribution in [3.05, 3.63) is 5.82 Å². The second-order valence-electron chi connectivity index (χ2n) is 7.66. The van der Waals surface area contributed by atoms with Gasteiger partial charge in [-0.3, -0.25) is 14.5 Å². The summed E-state index contributed by atoms with van der Waals surface area (Å²) < 4.78 is 2.17. The number of thioether (sulfide) groups is 1. The summed E-state index contributed by atoms with van der Waals surface area (Å²) in [4.78, 5) is 30.9. The van der Waals surface area contributed by atoms with Crippen molar-refractivity contribution in [2.75, 3.05) is 51.6 Å². The molecule has 2 saturated heterocycles. The van der Waals surface area contributed by atoms with E-state index in [1.54, 1.807) is 0 Å². The van der Waals surface area contributed by atoms with E-state index in [4.69, 9.17) is 0 Å². The lowest BCUT2D eigenvalue weighted by Crippen LogP contribution is -2.51. The summed E-state index contributed by atoms with van der Waals surface area (Å²) in [5.41, 5.74) is 0. The van der Waals surface area contributed by atoms with Crippen molar-refractivity contribution >= 4 is 23.6 Å². The molecular weight excluding hydrogens is 364 g/mol. The van der Waals surface area contributed by atoms with Crippen molar-refractivity contribution in [1.82, 2.24) is 29.5 Å². The van der Waals surface area contributed by atoms with E-state index in [2.05, 4.69) is 19.7 Å². The second-order valence-corrected chi connectivity index (χ2v) is 8.61. The summed E-state index contributed by atoms with van der Waals surface area (Å²) in [5.74, 6) is 1.72. The van der Waals surface area contributed by atoms with Gasteiger partial charge in [0.15, 0.2) is 5.16 Å². The zero-order valence-electron chi connectivity index (χ0n) is 16.0. The lowest BCUT2D eigenvalue weighted by atomic mass is 10.3. The summed E-state index contributed by atoms with van der Waals surface area (Å²) >= 11 is 1.49. The Morgan fingerprint density at radius 3 is 2.30 bits per heavy atom. The maximum absolute atomic E-state index is 12.6. The summed E-state index contributed by atoms with van der Waals surface area (Å²) in [6.07, 6.45) is 4.61. The van der Waals surface area contributed by atoms with E-state index in [1.165, 1.54) is 24.6 Å². The van der Waals surface area contributed by atoms with Crippen LogP contribution in [0.15, 0.2) is 5.16 Å². The quantitative estimate of drug-likeness (QED) is 0.666. The fraction of sp³-hybridized carbons (Fsp3) is 0.778. The number of rotatable bonds is 6. The number of aromatic nitrogens is 3. The maximum Gasteiger partial charge on any atom is 0.236 e. The first kappa shape index (κ1) is 18.7. The Kier molecular flexibility index (Phi) is 5.68. The number of hydrogen-bond donors (Lipinski definition) is 0. The molecule has 0 atom stereocenters. The number of piperazine rings is 1. The van der Waals surface area contributed by atoms with Crippen molar-refractivity contribution in [2.45, 2.75) is 43.8 Å². The first-order valence-electron chi connectivity index (χ1n) is 9.94. The zero-order chi connectivity index (χ0) is 18.8. The predicted octanol–water partition coefficient (Wildman–Crippen LogP) is 0.780. The first-order chi connectivity index (χ1) is 13.1. The second kappa shape index (κ2) is 8.18. The van der Waals surface area contributed by atoms with Gasteiger partial charge in [0.05, 0.1) is 12.3 Å². The highest BCUT2D eigenvalue weighted by atomic mass is 32.2. The number of nitrogens with zero attached hydrogens (tertiary/aromatic N) is 6. The number of likely N-dealkylation sites (tertiary alicyclic amines) is 1. The molecule has 3 aliphatic rings. The minimum atomic E-state index is 0.147. The Morgan fingerprint density at radius 2 is 1.63 bits per heavy atom. The predicted molar refractivity (Wildman–Crippen MR) is 103 cm³/mol. The normalized spacial score (nSPS) is 21.1. The van der Waals surface area contributed by atoms with E-state index in [0.29, 0.717) is 31.4 Å². The van der Waals surface area contributed by atoms with Crippen molar-refractivity contribution in [1.29, 1.82) is 0 Å². The van der Waals surface area contributed by atoms with Gasteiger partial charge in [0.2, 0.25) is 11.8 Å². The van der Waals surface area contributed by atoms with Gasteiger partial charge in [0.25, 0.3) is 0 Å². The van der Waals surface area contributed by atoms with Gasteiger partial charge in [-0.25, -0.2) is 0 Å². The van der Waals surface area contributed by atoms with Gasteiger partial charge < -0.3 is 14.4 Å². The molecule has 9 heteroatoms. The standard InChI is InChI=1S/C18H28N6O2S/c1-14-19-20-18(24(14)15-4-5-15)27-13-17(26)23-10-8-21(9-11-23)12-16(25)22-6-2-3-7-22/h15H,2-13H2,1H3. The van der Waals surface area contributed by atoms with Crippen LogP contribution < -0.4 is 0 Å². The fourth-order valence-corrected chi connectivity index (χ4v) is 4.79. The molecule has 0 spiro atoms. The van der Waals surface area contributed by atoms with Crippen molar-refractivity contribution < 1.29 is 9.59 Å². The first-order valence-corrected chi connectivity index (χ1v) is 10.9. The van der Waals surface area contributed by atoms with E-state index in [9.17, 15) is 9.59 Å². The van der Waals surface area contributed by atoms with Crippen LogP contribution in [-0.2, 0) is 9.59 Å². The Balaban J connectivity index is 1.21. The Labute approximate surface area is 164 Å². The third kappa shape index (κ3) is 4.45. The molecule has 0 bridgehead atoms. The van der Waals surface area contributed by atoms with Gasteiger partial charge in [-0.05, 0) is 32.6 Å². The van der Waals surface area contributed by atoms with E-state index < -0.39 is 0 Å². The molecule has 0 unspecified atom stereocenters. The summed E-state index contributed by atoms with van der Waals surface area (Å²) in [5, 5.41) is 9.25. The van der Waals surface area contributed by atoms with E-state index in [0.717, 1.165) is 50.0 Å². The highest BCUT2D eigenvalue weighted by Gasteiger charge is 2.29. The van der Waals surface area contributed by atoms with Crippen molar-refractivity contribution in [3.63, 3.8) is 0 Å². The Bertz CT molecular complexity index is 690. The van der Waals surface area contributed by atoms with E-state index in [1.807, 2.05) is 16.7 Å². The third-order valence-corrected chi connectivity index (χ3v) is 6.54. The molecule has 3 fully saturated rings. The van der Waals surface area contributed by atoms with E-state index in [-0.39, 0.29) is 11.8 Å². The number of hydrogen-bond acceptors (Lipinski definition) is 6. The summed E-state index contributed by atoms with van der Waals surface area (Å²) in [6.45, 7) is 7.20. The average Bonchev–Trinajstić information content (AvgIpc) is 3.20. The van der Waals surface area contributed by atoms with Gasteiger partial charge >= 0.3 is 0 Å². The molecule has 0 aromatic carbocycles. The maximum atomic E-state index is 12.6. The van der Waals surface area contributed by atoms with Gasteiger partial charge in [0.1, 0.15) is 5.82 Å². The van der Waals surface area contributed by atoms with Crippen LogP contribution in [-0.4, -0.2) is 92.8 Å². The summed E-state index contributed by atoms with van der Waals surface area (Å²) in [7, 11) is 0. The zero-order valence-corrected chi connectivity index (χ0v) is 16.8. The highest BCUT2D eigenvalue weighted by molar-refractivity contribution is 7.99. The van der Waals surface area contributed by atoms with Crippen LogP contribution >= 0.6 is 11.8 Å². The minimum Gasteiger partial charge on any atom is -0.342 e. The minimum absolute atomic E-state index is 0.147. The number of aryl methyl sites for hydroxylation is 1. The SMILES string of the molecule is Cc1nnc(SCC(=O)N2CCN(CC(=O)N3CCCC3)CC2)n1C1CC1. The molecule has 1 aromatic rings. The smallest absolute Gasteiger partial charge is 0.236 e. The monoisotopic (exact) mass is 392 g/mol. The van der Waals surface area contributed by atoms with Gasteiger partial charge in [-0.2, -0.15) is 0 Å². The van der Waals surface area contributed by atoms with E-state index >= 15 is 0 Å². The number of carbonyl (C=O) groups is 2. The van der Waals surface area contributed by atoms with Crippen molar-refractivity contribution in [3.8, 4) is 0 Å². The molecule has 2 amide bonds.